The van der Waals surface area contributed by atoms with Crippen molar-refractivity contribution in [3.05, 3.63) is 46.7 Å². The zero-order valence-corrected chi connectivity index (χ0v) is 11.9. The molecular formula is C13H15ClN2OS. The average Bonchev–Trinajstić information content (AvgIpc) is 2.66. The van der Waals surface area contributed by atoms with Crippen LogP contribution in [0.2, 0.25) is 5.02 Å². The van der Waals surface area contributed by atoms with E-state index in [-0.39, 0.29) is 0 Å². The lowest BCUT2D eigenvalue weighted by Crippen LogP contribution is -2.08. The van der Waals surface area contributed by atoms with Crippen LogP contribution in [-0.4, -0.2) is 20.6 Å². The summed E-state index contributed by atoms with van der Waals surface area (Å²) < 4.78 is 1.61. The molecular weight excluding hydrogens is 268 g/mol. The molecule has 0 fully saturated rings. The molecule has 0 spiro atoms. The molecule has 0 amide bonds. The minimum atomic E-state index is -0.615. The molecule has 0 radical (unpaired) electrons. The molecule has 96 valence electrons. The summed E-state index contributed by atoms with van der Waals surface area (Å²) in [5, 5.41) is 14.7. The second-order valence-electron chi connectivity index (χ2n) is 4.14. The fourth-order valence-electron chi connectivity index (χ4n) is 1.75. The van der Waals surface area contributed by atoms with Crippen molar-refractivity contribution >= 4 is 23.4 Å². The second kappa shape index (κ2) is 5.78. The van der Waals surface area contributed by atoms with Gasteiger partial charge < -0.3 is 5.11 Å². The third kappa shape index (κ3) is 3.07. The van der Waals surface area contributed by atoms with E-state index in [1.165, 1.54) is 5.56 Å². The summed E-state index contributed by atoms with van der Waals surface area (Å²) in [5.41, 5.74) is 1.88. The highest BCUT2D eigenvalue weighted by Crippen LogP contribution is 2.28. The van der Waals surface area contributed by atoms with Crippen molar-refractivity contribution in [2.45, 2.75) is 17.9 Å². The first-order chi connectivity index (χ1) is 8.58. The van der Waals surface area contributed by atoms with Crippen molar-refractivity contribution in [1.82, 2.24) is 9.78 Å². The minimum Gasteiger partial charge on any atom is -0.386 e. The molecule has 1 aromatic carbocycles. The molecule has 2 rings (SSSR count). The van der Waals surface area contributed by atoms with Gasteiger partial charge in [-0.1, -0.05) is 29.3 Å². The van der Waals surface area contributed by atoms with E-state index in [9.17, 15) is 5.11 Å². The van der Waals surface area contributed by atoms with E-state index in [1.54, 1.807) is 29.7 Å². The van der Waals surface area contributed by atoms with E-state index in [1.807, 2.05) is 12.1 Å². The first-order valence-electron chi connectivity index (χ1n) is 5.63. The zero-order valence-electron chi connectivity index (χ0n) is 10.3. The maximum Gasteiger partial charge on any atom is 0.106 e. The van der Waals surface area contributed by atoms with Gasteiger partial charge in [0.1, 0.15) is 6.10 Å². The predicted molar refractivity (Wildman–Crippen MR) is 75.1 cm³/mol. The summed E-state index contributed by atoms with van der Waals surface area (Å²) in [5.74, 6) is 0.558. The van der Waals surface area contributed by atoms with Gasteiger partial charge in [-0.15, -0.1) is 11.8 Å². The standard InChI is InChI=1S/C13H15ClN2OS/c1-9-4-3-5-10(6-9)18-8-12(17)13-11(14)7-15-16(13)2/h3-7,12,17H,8H2,1-2H3. The van der Waals surface area contributed by atoms with Gasteiger partial charge in [-0.05, 0) is 19.1 Å². The number of benzene rings is 1. The van der Waals surface area contributed by atoms with Crippen molar-refractivity contribution in [3.63, 3.8) is 0 Å². The van der Waals surface area contributed by atoms with Crippen LogP contribution in [0.4, 0.5) is 0 Å². The van der Waals surface area contributed by atoms with Crippen LogP contribution in [0, 0.1) is 6.92 Å². The van der Waals surface area contributed by atoms with Crippen LogP contribution in [0.5, 0.6) is 0 Å². The lowest BCUT2D eigenvalue weighted by molar-refractivity contribution is 0.194. The number of hydrogen-bond acceptors (Lipinski definition) is 3. The second-order valence-corrected chi connectivity index (χ2v) is 5.65. The molecule has 0 aliphatic rings. The van der Waals surface area contributed by atoms with Crippen LogP contribution >= 0.6 is 23.4 Å². The lowest BCUT2D eigenvalue weighted by atomic mass is 10.2. The van der Waals surface area contributed by atoms with Crippen molar-refractivity contribution in [2.24, 2.45) is 7.05 Å². The summed E-state index contributed by atoms with van der Waals surface area (Å²) in [6.07, 6.45) is 0.938. The van der Waals surface area contributed by atoms with Crippen molar-refractivity contribution in [3.8, 4) is 0 Å². The molecule has 1 heterocycles. The average molecular weight is 283 g/mol. The number of thioether (sulfide) groups is 1. The van der Waals surface area contributed by atoms with Crippen molar-refractivity contribution < 1.29 is 5.11 Å². The molecule has 5 heteroatoms. The van der Waals surface area contributed by atoms with Gasteiger partial charge in [0.05, 0.1) is 16.9 Å². The first kappa shape index (κ1) is 13.5. The molecule has 0 saturated carbocycles. The van der Waals surface area contributed by atoms with E-state index < -0.39 is 6.10 Å². The summed E-state index contributed by atoms with van der Waals surface area (Å²) in [4.78, 5) is 1.15. The molecule has 18 heavy (non-hydrogen) atoms. The summed E-state index contributed by atoms with van der Waals surface area (Å²) in [7, 11) is 1.78. The largest absolute Gasteiger partial charge is 0.386 e. The van der Waals surface area contributed by atoms with Gasteiger partial charge in [-0.25, -0.2) is 0 Å². The van der Waals surface area contributed by atoms with Gasteiger partial charge in [0.15, 0.2) is 0 Å². The van der Waals surface area contributed by atoms with Gasteiger partial charge in [0.25, 0.3) is 0 Å². The fourth-order valence-corrected chi connectivity index (χ4v) is 3.00. The number of hydrogen-bond donors (Lipinski definition) is 1. The zero-order chi connectivity index (χ0) is 13.1. The van der Waals surface area contributed by atoms with E-state index in [0.29, 0.717) is 16.5 Å². The molecule has 1 aromatic heterocycles. The predicted octanol–water partition coefficient (Wildman–Crippen LogP) is 3.21. The topological polar surface area (TPSA) is 38.1 Å². The molecule has 0 aliphatic heterocycles. The number of aryl methyl sites for hydroxylation is 2. The van der Waals surface area contributed by atoms with E-state index in [4.69, 9.17) is 11.6 Å². The third-order valence-electron chi connectivity index (χ3n) is 2.65. The Hall–Kier alpha value is -0.970. The third-order valence-corrected chi connectivity index (χ3v) is 4.01. The maximum atomic E-state index is 10.1. The molecule has 3 nitrogen and oxygen atoms in total. The SMILES string of the molecule is Cc1cccc(SCC(O)c2c(Cl)cnn2C)c1. The highest BCUT2D eigenvalue weighted by atomic mass is 35.5. The van der Waals surface area contributed by atoms with Gasteiger partial charge >= 0.3 is 0 Å². The quantitative estimate of drug-likeness (QED) is 0.875. The highest BCUT2D eigenvalue weighted by Gasteiger charge is 2.16. The Morgan fingerprint density at radius 2 is 2.28 bits per heavy atom. The number of aliphatic hydroxyl groups excluding tert-OH is 1. The Morgan fingerprint density at radius 1 is 1.50 bits per heavy atom. The van der Waals surface area contributed by atoms with Gasteiger partial charge in [0.2, 0.25) is 0 Å². The van der Waals surface area contributed by atoms with E-state index in [2.05, 4.69) is 24.2 Å². The first-order valence-corrected chi connectivity index (χ1v) is 6.99. The molecule has 1 N–H and O–H groups in total. The Balaban J connectivity index is 2.03. The Bertz CT molecular complexity index is 522. The van der Waals surface area contributed by atoms with Crippen molar-refractivity contribution in [2.75, 3.05) is 5.75 Å². The molecule has 1 atom stereocenters. The monoisotopic (exact) mass is 282 g/mol. The van der Waals surface area contributed by atoms with Gasteiger partial charge in [-0.3, -0.25) is 4.68 Å². The van der Waals surface area contributed by atoms with Crippen LogP contribution in [0.15, 0.2) is 35.4 Å². The lowest BCUT2D eigenvalue weighted by Gasteiger charge is -2.11. The summed E-state index contributed by atoms with van der Waals surface area (Å²) >= 11 is 7.60. The molecule has 1 unspecified atom stereocenters. The molecule has 2 aromatic rings. The smallest absolute Gasteiger partial charge is 0.106 e. The van der Waals surface area contributed by atoms with Crippen LogP contribution in [0.25, 0.3) is 0 Å². The van der Waals surface area contributed by atoms with Crippen LogP contribution in [0.1, 0.15) is 17.4 Å². The summed E-state index contributed by atoms with van der Waals surface area (Å²) in [6.45, 7) is 2.05. The highest BCUT2D eigenvalue weighted by molar-refractivity contribution is 7.99. The normalized spacial score (nSPS) is 12.7. The molecule has 0 saturated heterocycles. The maximum absolute atomic E-state index is 10.1. The Kier molecular flexibility index (Phi) is 4.32. The van der Waals surface area contributed by atoms with Crippen LogP contribution in [0.3, 0.4) is 0 Å². The number of halogens is 1. The van der Waals surface area contributed by atoms with Gasteiger partial charge in [-0.2, -0.15) is 5.10 Å². The Labute approximate surface area is 116 Å². The molecule has 0 aliphatic carbocycles. The van der Waals surface area contributed by atoms with E-state index in [0.717, 1.165) is 4.90 Å². The fraction of sp³-hybridized carbons (Fsp3) is 0.308. The number of aliphatic hydroxyl groups is 1. The number of rotatable bonds is 4. The van der Waals surface area contributed by atoms with Crippen LogP contribution < -0.4 is 0 Å². The van der Waals surface area contributed by atoms with Crippen LogP contribution in [-0.2, 0) is 7.05 Å². The minimum absolute atomic E-state index is 0.509. The summed E-state index contributed by atoms with van der Waals surface area (Å²) in [6, 6.07) is 8.21. The number of nitrogens with zero attached hydrogens (tertiary/aromatic N) is 2. The van der Waals surface area contributed by atoms with E-state index >= 15 is 0 Å². The number of aromatic nitrogens is 2. The van der Waals surface area contributed by atoms with Gasteiger partial charge in [0, 0.05) is 17.7 Å². The Morgan fingerprint density at radius 3 is 2.89 bits per heavy atom. The molecule has 0 bridgehead atoms. The van der Waals surface area contributed by atoms with Crippen molar-refractivity contribution in [1.29, 1.82) is 0 Å².